The first-order valence-electron chi connectivity index (χ1n) is 6.10. The first-order valence-corrected chi connectivity index (χ1v) is 6.10. The van der Waals surface area contributed by atoms with Crippen LogP contribution in [0.1, 0.15) is 24.0 Å². The second kappa shape index (κ2) is 4.49. The van der Waals surface area contributed by atoms with Crippen LogP contribution in [0.2, 0.25) is 0 Å². The molecule has 0 aromatic heterocycles. The van der Waals surface area contributed by atoms with Gasteiger partial charge in [-0.25, -0.2) is 0 Å². The molecule has 0 unspecified atom stereocenters. The van der Waals surface area contributed by atoms with Crippen LogP contribution < -0.4 is 10.6 Å². The number of hydrogen-bond acceptors (Lipinski definition) is 2. The van der Waals surface area contributed by atoms with Gasteiger partial charge in [-0.3, -0.25) is 4.79 Å². The topological polar surface area (TPSA) is 41.1 Å². The van der Waals surface area contributed by atoms with Gasteiger partial charge in [0, 0.05) is 12.2 Å². The van der Waals surface area contributed by atoms with Gasteiger partial charge in [-0.15, -0.1) is 0 Å². The Labute approximate surface area is 103 Å². The zero-order chi connectivity index (χ0) is 12.5. The number of aryl methyl sites for hydroxylation is 2. The van der Waals surface area contributed by atoms with Crippen molar-refractivity contribution in [1.29, 1.82) is 0 Å². The predicted octanol–water partition coefficient (Wildman–Crippen LogP) is 2.24. The molecule has 1 aromatic rings. The Balaban J connectivity index is 2.08. The second-order valence-corrected chi connectivity index (χ2v) is 5.14. The summed E-state index contributed by atoms with van der Waals surface area (Å²) in [6, 6.07) is 6.14. The van der Waals surface area contributed by atoms with Gasteiger partial charge in [0.15, 0.2) is 0 Å². The van der Waals surface area contributed by atoms with Gasteiger partial charge < -0.3 is 10.6 Å². The zero-order valence-corrected chi connectivity index (χ0v) is 10.8. The molecule has 3 heteroatoms. The van der Waals surface area contributed by atoms with E-state index in [1.807, 2.05) is 33.0 Å². The molecule has 0 heterocycles. The Morgan fingerprint density at radius 3 is 2.29 bits per heavy atom. The number of carbonyl (C=O) groups is 1. The molecule has 0 saturated heterocycles. The highest BCUT2D eigenvalue weighted by atomic mass is 16.2. The zero-order valence-electron chi connectivity index (χ0n) is 10.8. The number of amides is 1. The number of benzene rings is 1. The molecule has 1 fully saturated rings. The van der Waals surface area contributed by atoms with E-state index >= 15 is 0 Å². The fraction of sp³-hybridized carbons (Fsp3) is 0.500. The van der Waals surface area contributed by atoms with Gasteiger partial charge in [-0.2, -0.15) is 0 Å². The summed E-state index contributed by atoms with van der Waals surface area (Å²) in [7, 11) is 1.89. The van der Waals surface area contributed by atoms with E-state index < -0.39 is 0 Å². The Kier molecular flexibility index (Phi) is 3.20. The summed E-state index contributed by atoms with van der Waals surface area (Å²) in [5.41, 5.74) is 3.11. The number of anilines is 1. The molecule has 0 aliphatic heterocycles. The maximum atomic E-state index is 12.2. The molecule has 1 amide bonds. The molecule has 1 aliphatic rings. The third-order valence-electron chi connectivity index (χ3n) is 3.33. The molecule has 1 aliphatic carbocycles. The molecule has 2 rings (SSSR count). The van der Waals surface area contributed by atoms with E-state index in [1.165, 1.54) is 11.1 Å². The Hall–Kier alpha value is -1.35. The molecule has 2 N–H and O–H groups in total. The van der Waals surface area contributed by atoms with E-state index in [1.54, 1.807) is 0 Å². The average Bonchev–Trinajstić information content (AvgIpc) is 2.97. The molecular formula is C14H20N2O. The highest BCUT2D eigenvalue weighted by Gasteiger charge is 2.49. The van der Waals surface area contributed by atoms with E-state index in [-0.39, 0.29) is 11.3 Å². The molecule has 1 aromatic carbocycles. The molecule has 17 heavy (non-hydrogen) atoms. The van der Waals surface area contributed by atoms with Crippen LogP contribution in [0.5, 0.6) is 0 Å². The van der Waals surface area contributed by atoms with Crippen LogP contribution in [0, 0.1) is 19.3 Å². The minimum atomic E-state index is -0.160. The second-order valence-electron chi connectivity index (χ2n) is 5.14. The van der Waals surface area contributed by atoms with E-state index in [9.17, 15) is 4.79 Å². The molecule has 3 nitrogen and oxygen atoms in total. The lowest BCUT2D eigenvalue weighted by Crippen LogP contribution is -2.32. The Morgan fingerprint density at radius 2 is 1.82 bits per heavy atom. The summed E-state index contributed by atoms with van der Waals surface area (Å²) in [5, 5.41) is 6.13. The fourth-order valence-corrected chi connectivity index (χ4v) is 2.28. The Morgan fingerprint density at radius 1 is 1.24 bits per heavy atom. The predicted molar refractivity (Wildman–Crippen MR) is 70.1 cm³/mol. The van der Waals surface area contributed by atoms with E-state index in [0.29, 0.717) is 0 Å². The molecule has 0 bridgehead atoms. The SMILES string of the molecule is CNCC1(C(=O)Nc2cc(C)cc(C)c2)CC1. The van der Waals surface area contributed by atoms with E-state index in [0.717, 1.165) is 25.1 Å². The van der Waals surface area contributed by atoms with Crippen molar-refractivity contribution in [2.24, 2.45) is 5.41 Å². The summed E-state index contributed by atoms with van der Waals surface area (Å²) in [5.74, 6) is 0.150. The standard InChI is InChI=1S/C14H20N2O/c1-10-6-11(2)8-12(7-10)16-13(17)14(4-5-14)9-15-3/h6-8,15H,4-5,9H2,1-3H3,(H,16,17). The third kappa shape index (κ3) is 2.67. The van der Waals surface area contributed by atoms with Crippen molar-refractivity contribution in [1.82, 2.24) is 5.32 Å². The lowest BCUT2D eigenvalue weighted by molar-refractivity contribution is -0.120. The van der Waals surface area contributed by atoms with Crippen LogP contribution >= 0.6 is 0 Å². The highest BCUT2D eigenvalue weighted by molar-refractivity contribution is 5.97. The lowest BCUT2D eigenvalue weighted by Gasteiger charge is -2.15. The molecule has 0 atom stereocenters. The van der Waals surface area contributed by atoms with Gasteiger partial charge in [0.25, 0.3) is 0 Å². The summed E-state index contributed by atoms with van der Waals surface area (Å²) in [6.45, 7) is 4.86. The van der Waals surface area contributed by atoms with Crippen LogP contribution in [-0.4, -0.2) is 19.5 Å². The quantitative estimate of drug-likeness (QED) is 0.836. The van der Waals surface area contributed by atoms with Crippen molar-refractivity contribution in [2.75, 3.05) is 18.9 Å². The average molecular weight is 232 g/mol. The molecular weight excluding hydrogens is 212 g/mol. The fourth-order valence-electron chi connectivity index (χ4n) is 2.28. The van der Waals surface area contributed by atoms with E-state index in [2.05, 4.69) is 16.7 Å². The van der Waals surface area contributed by atoms with Crippen molar-refractivity contribution in [3.05, 3.63) is 29.3 Å². The van der Waals surface area contributed by atoms with Crippen LogP contribution in [0.3, 0.4) is 0 Å². The van der Waals surface area contributed by atoms with Gasteiger partial charge in [0.1, 0.15) is 0 Å². The minimum Gasteiger partial charge on any atom is -0.326 e. The van der Waals surface area contributed by atoms with Crippen LogP contribution in [0.25, 0.3) is 0 Å². The number of carbonyl (C=O) groups excluding carboxylic acids is 1. The third-order valence-corrected chi connectivity index (χ3v) is 3.33. The normalized spacial score (nSPS) is 16.6. The Bertz CT molecular complexity index is 416. The highest BCUT2D eigenvalue weighted by Crippen LogP contribution is 2.45. The van der Waals surface area contributed by atoms with Crippen molar-refractivity contribution >= 4 is 11.6 Å². The van der Waals surface area contributed by atoms with Crippen LogP contribution in [0.15, 0.2) is 18.2 Å². The first kappa shape index (κ1) is 12.1. The first-order chi connectivity index (χ1) is 8.05. The summed E-state index contributed by atoms with van der Waals surface area (Å²) < 4.78 is 0. The van der Waals surface area contributed by atoms with Crippen LogP contribution in [-0.2, 0) is 4.79 Å². The number of hydrogen-bond donors (Lipinski definition) is 2. The number of nitrogens with one attached hydrogen (secondary N) is 2. The smallest absolute Gasteiger partial charge is 0.231 e. The maximum absolute atomic E-state index is 12.2. The van der Waals surface area contributed by atoms with Crippen molar-refractivity contribution in [3.63, 3.8) is 0 Å². The number of rotatable bonds is 4. The lowest BCUT2D eigenvalue weighted by atomic mass is 10.1. The largest absolute Gasteiger partial charge is 0.326 e. The van der Waals surface area contributed by atoms with Crippen molar-refractivity contribution in [3.8, 4) is 0 Å². The molecule has 1 saturated carbocycles. The minimum absolute atomic E-state index is 0.150. The van der Waals surface area contributed by atoms with Gasteiger partial charge in [-0.1, -0.05) is 6.07 Å². The van der Waals surface area contributed by atoms with Gasteiger partial charge in [0.05, 0.1) is 5.41 Å². The molecule has 0 spiro atoms. The monoisotopic (exact) mass is 232 g/mol. The molecule has 92 valence electrons. The molecule has 0 radical (unpaired) electrons. The maximum Gasteiger partial charge on any atom is 0.231 e. The van der Waals surface area contributed by atoms with Gasteiger partial charge in [0.2, 0.25) is 5.91 Å². The van der Waals surface area contributed by atoms with Crippen molar-refractivity contribution < 1.29 is 4.79 Å². The van der Waals surface area contributed by atoms with Gasteiger partial charge >= 0.3 is 0 Å². The van der Waals surface area contributed by atoms with Gasteiger partial charge in [-0.05, 0) is 57.0 Å². The summed E-state index contributed by atoms with van der Waals surface area (Å²) >= 11 is 0. The summed E-state index contributed by atoms with van der Waals surface area (Å²) in [4.78, 5) is 12.2. The summed E-state index contributed by atoms with van der Waals surface area (Å²) in [6.07, 6.45) is 1.98. The van der Waals surface area contributed by atoms with Crippen LogP contribution in [0.4, 0.5) is 5.69 Å². The van der Waals surface area contributed by atoms with Crippen molar-refractivity contribution in [2.45, 2.75) is 26.7 Å². The van der Waals surface area contributed by atoms with E-state index in [4.69, 9.17) is 0 Å².